The number of hydrogen-bond acceptors (Lipinski definition) is 7. The summed E-state index contributed by atoms with van der Waals surface area (Å²) in [5.41, 5.74) is 0.430. The average molecular weight is 372 g/mol. The van der Waals surface area contributed by atoms with Crippen molar-refractivity contribution in [3.8, 4) is 40.1 Å². The second-order valence-electron chi connectivity index (χ2n) is 5.51. The van der Waals surface area contributed by atoms with Crippen LogP contribution in [-0.4, -0.2) is 35.5 Å². The topological polar surface area (TPSA) is 76.4 Å². The highest BCUT2D eigenvalue weighted by atomic mass is 16.5. The van der Waals surface area contributed by atoms with E-state index >= 15 is 0 Å². The fraction of sp³-hybridized carbons (Fsp3) is 0.250. The van der Waals surface area contributed by atoms with Crippen LogP contribution < -0.4 is 29.1 Å². The first kappa shape index (κ1) is 18.4. The van der Waals surface area contributed by atoms with Crippen LogP contribution in [-0.2, 0) is 0 Å². The van der Waals surface area contributed by atoms with Gasteiger partial charge in [0.15, 0.2) is 28.6 Å². The first-order chi connectivity index (χ1) is 13.1. The number of fused-ring (bicyclic) bond motifs is 1. The van der Waals surface area contributed by atoms with Gasteiger partial charge in [-0.05, 0) is 24.3 Å². The summed E-state index contributed by atoms with van der Waals surface area (Å²) in [5.74, 6) is 1.94. The fourth-order valence-corrected chi connectivity index (χ4v) is 2.98. The second-order valence-corrected chi connectivity index (χ2v) is 5.51. The summed E-state index contributed by atoms with van der Waals surface area (Å²) in [4.78, 5) is 13.0. The van der Waals surface area contributed by atoms with Crippen molar-refractivity contribution in [2.45, 2.75) is 0 Å². The maximum atomic E-state index is 13.0. The molecule has 7 heteroatoms. The average Bonchev–Trinajstić information content (AvgIpc) is 2.71. The molecule has 0 unspecified atom stereocenters. The zero-order valence-corrected chi connectivity index (χ0v) is 15.7. The monoisotopic (exact) mass is 372 g/mol. The molecule has 0 saturated heterocycles. The van der Waals surface area contributed by atoms with Crippen molar-refractivity contribution >= 4 is 11.0 Å². The predicted octanol–water partition coefficient (Wildman–Crippen LogP) is 3.50. The molecule has 0 aliphatic heterocycles. The van der Waals surface area contributed by atoms with Crippen molar-refractivity contribution in [2.24, 2.45) is 0 Å². The molecule has 27 heavy (non-hydrogen) atoms. The Hall–Kier alpha value is -3.35. The van der Waals surface area contributed by atoms with Crippen LogP contribution in [0.5, 0.6) is 28.7 Å². The molecule has 1 heterocycles. The number of benzene rings is 2. The smallest absolute Gasteiger partial charge is 0.235 e. The first-order valence-electron chi connectivity index (χ1n) is 8.08. The third kappa shape index (κ3) is 2.91. The summed E-state index contributed by atoms with van der Waals surface area (Å²) in [6.07, 6.45) is 0. The molecule has 0 N–H and O–H groups in total. The number of methoxy groups -OCH3 is 5. The van der Waals surface area contributed by atoms with Crippen LogP contribution in [0.3, 0.4) is 0 Å². The molecule has 0 aliphatic carbocycles. The van der Waals surface area contributed by atoms with Crippen LogP contribution >= 0.6 is 0 Å². The zero-order chi connectivity index (χ0) is 19.6. The first-order valence-corrected chi connectivity index (χ1v) is 8.08. The summed E-state index contributed by atoms with van der Waals surface area (Å²) in [6.45, 7) is 0. The molecule has 1 aromatic heterocycles. The molecule has 0 radical (unpaired) electrons. The van der Waals surface area contributed by atoms with E-state index in [0.717, 1.165) is 0 Å². The highest BCUT2D eigenvalue weighted by Crippen LogP contribution is 2.44. The molecular formula is C20H20O7. The molecule has 3 aromatic rings. The molecule has 0 saturated carbocycles. The molecule has 0 bridgehead atoms. The van der Waals surface area contributed by atoms with E-state index in [-0.39, 0.29) is 22.5 Å². The van der Waals surface area contributed by atoms with Crippen LogP contribution in [0.25, 0.3) is 22.3 Å². The van der Waals surface area contributed by atoms with Gasteiger partial charge in [0.1, 0.15) is 0 Å². The summed E-state index contributed by atoms with van der Waals surface area (Å²) in [5, 5.41) is 0.315. The van der Waals surface area contributed by atoms with Gasteiger partial charge in [0.25, 0.3) is 0 Å². The lowest BCUT2D eigenvalue weighted by molar-refractivity contribution is 0.349. The molecule has 0 atom stereocenters. The lowest BCUT2D eigenvalue weighted by Crippen LogP contribution is -2.09. The van der Waals surface area contributed by atoms with Crippen molar-refractivity contribution in [3.05, 3.63) is 40.6 Å². The Morgan fingerprint density at radius 1 is 0.704 bits per heavy atom. The summed E-state index contributed by atoms with van der Waals surface area (Å²) in [7, 11) is 7.44. The molecule has 0 fully saturated rings. The molecule has 3 rings (SSSR count). The van der Waals surface area contributed by atoms with Crippen LogP contribution in [0.1, 0.15) is 0 Å². The molecule has 0 aliphatic rings. The summed E-state index contributed by atoms with van der Waals surface area (Å²) < 4.78 is 33.0. The minimum absolute atomic E-state index is 0.0567. The van der Waals surface area contributed by atoms with E-state index in [2.05, 4.69) is 0 Å². The van der Waals surface area contributed by atoms with Gasteiger partial charge in [0, 0.05) is 0 Å². The normalized spacial score (nSPS) is 10.6. The molecule has 2 aromatic carbocycles. The highest BCUT2D eigenvalue weighted by molar-refractivity contribution is 5.89. The lowest BCUT2D eigenvalue weighted by Gasteiger charge is -2.16. The van der Waals surface area contributed by atoms with Crippen LogP contribution in [0, 0.1) is 0 Å². The van der Waals surface area contributed by atoms with Crippen LogP contribution in [0.2, 0.25) is 0 Å². The molecule has 0 amide bonds. The Labute approximate surface area is 156 Å². The van der Waals surface area contributed by atoms with Crippen molar-refractivity contribution < 1.29 is 28.1 Å². The van der Waals surface area contributed by atoms with Crippen molar-refractivity contribution in [2.75, 3.05) is 35.5 Å². The zero-order valence-electron chi connectivity index (χ0n) is 15.7. The van der Waals surface area contributed by atoms with Gasteiger partial charge in [-0.15, -0.1) is 0 Å². The van der Waals surface area contributed by atoms with Gasteiger partial charge < -0.3 is 28.1 Å². The minimum atomic E-state index is -0.334. The highest BCUT2D eigenvalue weighted by Gasteiger charge is 2.24. The number of rotatable bonds is 6. The van der Waals surface area contributed by atoms with Gasteiger partial charge in [-0.2, -0.15) is 0 Å². The fourth-order valence-electron chi connectivity index (χ4n) is 2.98. The summed E-state index contributed by atoms with van der Waals surface area (Å²) in [6, 6.07) is 8.52. The molecule has 142 valence electrons. The Kier molecular flexibility index (Phi) is 5.12. The largest absolute Gasteiger partial charge is 0.493 e. The van der Waals surface area contributed by atoms with E-state index in [4.69, 9.17) is 28.1 Å². The van der Waals surface area contributed by atoms with Gasteiger partial charge in [-0.3, -0.25) is 4.79 Å². The third-order valence-electron chi connectivity index (χ3n) is 4.21. The van der Waals surface area contributed by atoms with Crippen LogP contribution in [0.4, 0.5) is 0 Å². The van der Waals surface area contributed by atoms with Gasteiger partial charge >= 0.3 is 0 Å². The van der Waals surface area contributed by atoms with Gasteiger partial charge in [-0.25, -0.2) is 0 Å². The Balaban J connectivity index is 2.45. The molecule has 0 spiro atoms. The van der Waals surface area contributed by atoms with Crippen molar-refractivity contribution in [3.63, 3.8) is 0 Å². The second kappa shape index (κ2) is 7.49. The van der Waals surface area contributed by atoms with Crippen molar-refractivity contribution in [1.82, 2.24) is 0 Å². The van der Waals surface area contributed by atoms with Gasteiger partial charge in [-0.1, -0.05) is 6.07 Å². The molecule has 7 nitrogen and oxygen atoms in total. The van der Waals surface area contributed by atoms with E-state index < -0.39 is 0 Å². The SMILES string of the molecule is COc1cccc(-c2oc3c(OC)c(OC)ccc3c(=O)c2OC)c1OC. The third-order valence-corrected chi connectivity index (χ3v) is 4.21. The maximum Gasteiger partial charge on any atom is 0.235 e. The van der Waals surface area contributed by atoms with E-state index in [0.29, 0.717) is 33.9 Å². The quantitative estimate of drug-likeness (QED) is 0.655. The number of ether oxygens (including phenoxy) is 5. The number of hydrogen-bond donors (Lipinski definition) is 0. The van der Waals surface area contributed by atoms with Gasteiger partial charge in [0.2, 0.25) is 16.9 Å². The number of para-hydroxylation sites is 1. The van der Waals surface area contributed by atoms with Gasteiger partial charge in [0.05, 0.1) is 46.5 Å². The van der Waals surface area contributed by atoms with Crippen LogP contribution in [0.15, 0.2) is 39.5 Å². The Bertz CT molecular complexity index is 1040. The predicted molar refractivity (Wildman–Crippen MR) is 101 cm³/mol. The summed E-state index contributed by atoms with van der Waals surface area (Å²) >= 11 is 0. The lowest BCUT2D eigenvalue weighted by atomic mass is 10.1. The van der Waals surface area contributed by atoms with E-state index in [1.54, 1.807) is 30.3 Å². The van der Waals surface area contributed by atoms with Crippen molar-refractivity contribution in [1.29, 1.82) is 0 Å². The van der Waals surface area contributed by atoms with E-state index in [1.165, 1.54) is 35.5 Å². The standard InChI is InChI=1S/C20H20O7/c1-22-13-8-6-7-12(16(13)24-3)18-20(26-5)15(21)11-9-10-14(23-2)19(25-4)17(11)27-18/h6-10H,1-5H3. The maximum absolute atomic E-state index is 13.0. The van der Waals surface area contributed by atoms with E-state index in [9.17, 15) is 4.79 Å². The Morgan fingerprint density at radius 2 is 1.33 bits per heavy atom. The molecular weight excluding hydrogens is 352 g/mol. The minimum Gasteiger partial charge on any atom is -0.493 e. The van der Waals surface area contributed by atoms with E-state index in [1.807, 2.05) is 0 Å². The Morgan fingerprint density at radius 3 is 1.93 bits per heavy atom.